The number of thioether (sulfide) groups is 1. The molecule has 130 valence electrons. The highest BCUT2D eigenvalue weighted by atomic mass is 79.9. The summed E-state index contributed by atoms with van der Waals surface area (Å²) in [7, 11) is 0. The van der Waals surface area contributed by atoms with Gasteiger partial charge in [0.25, 0.3) is 0 Å². The van der Waals surface area contributed by atoms with Crippen LogP contribution in [0.2, 0.25) is 0 Å². The molecule has 3 aromatic rings. The van der Waals surface area contributed by atoms with E-state index in [2.05, 4.69) is 31.2 Å². The first-order valence-electron chi connectivity index (χ1n) is 7.44. The number of nitrogens with zero attached hydrogens (tertiary/aromatic N) is 1. The molecule has 0 saturated heterocycles. The molecule has 1 atom stereocenters. The van der Waals surface area contributed by atoms with Gasteiger partial charge in [-0.25, -0.2) is 13.8 Å². The summed E-state index contributed by atoms with van der Waals surface area (Å²) in [5.41, 5.74) is 1.75. The Balaban J connectivity index is 1.61. The number of hydrogen-bond donors (Lipinski definition) is 2. The first-order valence-corrected chi connectivity index (χ1v) is 9.29. The molecular weight excluding hydrogens is 412 g/mol. The van der Waals surface area contributed by atoms with Crippen molar-refractivity contribution < 1.29 is 13.6 Å². The lowest BCUT2D eigenvalue weighted by Crippen LogP contribution is -2.16. The number of hydrogen-bond acceptors (Lipinski definition) is 3. The van der Waals surface area contributed by atoms with Crippen LogP contribution in [0.5, 0.6) is 0 Å². The number of carbonyl (C=O) groups excluding carboxylic acids is 1. The van der Waals surface area contributed by atoms with E-state index >= 15 is 0 Å². The number of carbonyl (C=O) groups is 1. The molecule has 0 aliphatic rings. The molecular formula is C17H14BrF2N3OS. The lowest BCUT2D eigenvalue weighted by molar-refractivity contribution is -0.113. The lowest BCUT2D eigenvalue weighted by Gasteiger charge is -2.10. The molecule has 3 rings (SSSR count). The molecule has 2 N–H and O–H groups in total. The molecule has 4 nitrogen and oxygen atoms in total. The number of nitrogens with one attached hydrogen (secondary N) is 2. The molecule has 0 unspecified atom stereocenters. The van der Waals surface area contributed by atoms with Gasteiger partial charge in [0, 0.05) is 6.07 Å². The summed E-state index contributed by atoms with van der Waals surface area (Å²) in [6.07, 6.45) is 0. The van der Waals surface area contributed by atoms with Crippen molar-refractivity contribution in [3.05, 3.63) is 58.3 Å². The van der Waals surface area contributed by atoms with E-state index in [1.54, 1.807) is 0 Å². The highest BCUT2D eigenvalue weighted by Gasteiger charge is 2.15. The molecule has 2 aromatic carbocycles. The highest BCUT2D eigenvalue weighted by Crippen LogP contribution is 2.28. The minimum Gasteiger partial charge on any atom is -0.341 e. The second-order valence-electron chi connectivity index (χ2n) is 5.39. The standard InChI is InChI=1S/C17H14BrF2N3OS/c1-9(17-22-13-4-2-3-5-14(13)23-17)25-8-16(24)21-15-6-10(18)11(19)7-12(15)20/h2-7,9H,8H2,1H3,(H,21,24)(H,22,23)/t9-/m0/s1. The number of rotatable bonds is 5. The second-order valence-corrected chi connectivity index (χ2v) is 7.57. The Morgan fingerprint density at radius 2 is 2.08 bits per heavy atom. The molecule has 1 amide bonds. The fraction of sp³-hybridized carbons (Fsp3) is 0.176. The lowest BCUT2D eigenvalue weighted by atomic mass is 10.3. The number of H-pyrrole nitrogens is 1. The zero-order valence-corrected chi connectivity index (χ0v) is 15.5. The van der Waals surface area contributed by atoms with Gasteiger partial charge in [-0.3, -0.25) is 4.79 Å². The predicted octanol–water partition coefficient (Wildman–Crippen LogP) is 5.04. The van der Waals surface area contributed by atoms with E-state index in [0.717, 1.165) is 22.9 Å². The zero-order valence-electron chi connectivity index (χ0n) is 13.1. The van der Waals surface area contributed by atoms with Crippen molar-refractivity contribution in [3.63, 3.8) is 0 Å². The Morgan fingerprint density at radius 3 is 2.84 bits per heavy atom. The van der Waals surface area contributed by atoms with Crippen LogP contribution in [0, 0.1) is 11.6 Å². The monoisotopic (exact) mass is 425 g/mol. The van der Waals surface area contributed by atoms with Crippen molar-refractivity contribution in [2.24, 2.45) is 0 Å². The fourth-order valence-electron chi connectivity index (χ4n) is 2.25. The van der Waals surface area contributed by atoms with Gasteiger partial charge < -0.3 is 10.3 Å². The van der Waals surface area contributed by atoms with E-state index in [0.29, 0.717) is 0 Å². The number of imidazole rings is 1. The number of amides is 1. The number of aromatic amines is 1. The van der Waals surface area contributed by atoms with Crippen molar-refractivity contribution in [2.45, 2.75) is 12.2 Å². The molecule has 25 heavy (non-hydrogen) atoms. The molecule has 1 heterocycles. The Morgan fingerprint density at radius 1 is 1.32 bits per heavy atom. The van der Waals surface area contributed by atoms with E-state index in [1.807, 2.05) is 31.2 Å². The first-order chi connectivity index (χ1) is 11.9. The van der Waals surface area contributed by atoms with E-state index in [-0.39, 0.29) is 27.1 Å². The summed E-state index contributed by atoms with van der Waals surface area (Å²) >= 11 is 4.34. The molecule has 0 fully saturated rings. The van der Waals surface area contributed by atoms with Crippen LogP contribution in [0.4, 0.5) is 14.5 Å². The second kappa shape index (κ2) is 7.53. The van der Waals surface area contributed by atoms with Gasteiger partial charge in [-0.15, -0.1) is 11.8 Å². The van der Waals surface area contributed by atoms with E-state index in [4.69, 9.17) is 0 Å². The van der Waals surface area contributed by atoms with Crippen LogP contribution < -0.4 is 5.32 Å². The average molecular weight is 426 g/mol. The molecule has 8 heteroatoms. The summed E-state index contributed by atoms with van der Waals surface area (Å²) in [5.74, 6) is -1.01. The third-order valence-corrected chi connectivity index (χ3v) is 5.30. The van der Waals surface area contributed by atoms with Gasteiger partial charge in [0.2, 0.25) is 5.91 Å². The first kappa shape index (κ1) is 17.9. The van der Waals surface area contributed by atoms with Crippen LogP contribution >= 0.6 is 27.7 Å². The van der Waals surface area contributed by atoms with Crippen molar-refractivity contribution in [1.29, 1.82) is 0 Å². The Hall–Kier alpha value is -1.93. The minimum atomic E-state index is -0.815. The summed E-state index contributed by atoms with van der Waals surface area (Å²) in [5, 5.41) is 2.41. The highest BCUT2D eigenvalue weighted by molar-refractivity contribution is 9.10. The van der Waals surface area contributed by atoms with E-state index in [1.165, 1.54) is 17.8 Å². The zero-order chi connectivity index (χ0) is 18.0. The summed E-state index contributed by atoms with van der Waals surface area (Å²) in [6, 6.07) is 9.61. The van der Waals surface area contributed by atoms with Crippen molar-refractivity contribution in [1.82, 2.24) is 9.97 Å². The minimum absolute atomic E-state index is 0.0389. The number of benzene rings is 2. The Kier molecular flexibility index (Phi) is 5.39. The normalized spacial score (nSPS) is 12.3. The molecule has 0 radical (unpaired) electrons. The fourth-order valence-corrected chi connectivity index (χ4v) is 3.34. The number of fused-ring (bicyclic) bond motifs is 1. The number of halogens is 3. The van der Waals surface area contributed by atoms with Gasteiger partial charge in [0.15, 0.2) is 0 Å². The molecule has 1 aromatic heterocycles. The third kappa shape index (κ3) is 4.19. The van der Waals surface area contributed by atoms with Crippen LogP contribution in [0.15, 0.2) is 40.9 Å². The van der Waals surface area contributed by atoms with Crippen LogP contribution in [0.25, 0.3) is 11.0 Å². The molecule has 0 saturated carbocycles. The number of aromatic nitrogens is 2. The van der Waals surface area contributed by atoms with Gasteiger partial charge in [-0.2, -0.15) is 0 Å². The maximum atomic E-state index is 13.7. The predicted molar refractivity (Wildman–Crippen MR) is 99.7 cm³/mol. The molecule has 0 aliphatic heterocycles. The quantitative estimate of drug-likeness (QED) is 0.563. The SMILES string of the molecule is C[C@H](SCC(=O)Nc1cc(Br)c(F)cc1F)c1nc2ccccc2[nH]1. The molecule has 0 spiro atoms. The van der Waals surface area contributed by atoms with Crippen LogP contribution in [0.3, 0.4) is 0 Å². The van der Waals surface area contributed by atoms with Gasteiger partial charge in [0.05, 0.1) is 32.2 Å². The molecule has 0 bridgehead atoms. The smallest absolute Gasteiger partial charge is 0.234 e. The average Bonchev–Trinajstić information content (AvgIpc) is 3.02. The largest absolute Gasteiger partial charge is 0.341 e. The van der Waals surface area contributed by atoms with Crippen molar-refractivity contribution in [3.8, 4) is 0 Å². The third-order valence-electron chi connectivity index (χ3n) is 3.54. The van der Waals surface area contributed by atoms with Crippen LogP contribution in [0.1, 0.15) is 18.0 Å². The Bertz CT molecular complexity index is 898. The van der Waals surface area contributed by atoms with Gasteiger partial charge in [-0.05, 0) is 41.1 Å². The van der Waals surface area contributed by atoms with Crippen molar-refractivity contribution >= 4 is 50.3 Å². The summed E-state index contributed by atoms with van der Waals surface area (Å²) in [4.78, 5) is 19.7. The summed E-state index contributed by atoms with van der Waals surface area (Å²) in [6.45, 7) is 1.94. The summed E-state index contributed by atoms with van der Waals surface area (Å²) < 4.78 is 27.0. The number of para-hydroxylation sites is 2. The topological polar surface area (TPSA) is 57.8 Å². The number of anilines is 1. The van der Waals surface area contributed by atoms with Crippen LogP contribution in [-0.4, -0.2) is 21.6 Å². The maximum Gasteiger partial charge on any atom is 0.234 e. The van der Waals surface area contributed by atoms with Gasteiger partial charge >= 0.3 is 0 Å². The molecule has 0 aliphatic carbocycles. The Labute approximate surface area is 155 Å². The van der Waals surface area contributed by atoms with E-state index < -0.39 is 11.6 Å². The van der Waals surface area contributed by atoms with Crippen LogP contribution in [-0.2, 0) is 4.79 Å². The maximum absolute atomic E-state index is 13.7. The van der Waals surface area contributed by atoms with Crippen molar-refractivity contribution in [2.75, 3.05) is 11.1 Å². The van der Waals surface area contributed by atoms with Gasteiger partial charge in [-0.1, -0.05) is 12.1 Å². The van der Waals surface area contributed by atoms with E-state index in [9.17, 15) is 13.6 Å². The van der Waals surface area contributed by atoms with Gasteiger partial charge in [0.1, 0.15) is 17.5 Å².